The SMILES string of the molecule is CCOC(=O)c1ccc(N=Cc2ccc(OC)c(OC)c2)cc1. The monoisotopic (exact) mass is 313 g/mol. The summed E-state index contributed by atoms with van der Waals surface area (Å²) in [5.74, 6) is 0.987. The van der Waals surface area contributed by atoms with Gasteiger partial charge in [-0.1, -0.05) is 0 Å². The van der Waals surface area contributed by atoms with Crippen LogP contribution in [0.1, 0.15) is 22.8 Å². The van der Waals surface area contributed by atoms with E-state index in [1.54, 1.807) is 51.6 Å². The Morgan fingerprint density at radius 1 is 1.04 bits per heavy atom. The number of benzene rings is 2. The average molecular weight is 313 g/mol. The molecule has 0 atom stereocenters. The second-order valence-corrected chi connectivity index (χ2v) is 4.64. The molecule has 0 heterocycles. The molecule has 2 rings (SSSR count). The Morgan fingerprint density at radius 3 is 2.35 bits per heavy atom. The molecule has 0 aromatic heterocycles. The molecule has 0 unspecified atom stereocenters. The van der Waals surface area contributed by atoms with Crippen molar-refractivity contribution in [2.75, 3.05) is 20.8 Å². The average Bonchev–Trinajstić information content (AvgIpc) is 2.60. The number of hydrogen-bond acceptors (Lipinski definition) is 5. The summed E-state index contributed by atoms with van der Waals surface area (Å²) in [5, 5.41) is 0. The van der Waals surface area contributed by atoms with Crippen molar-refractivity contribution in [3.63, 3.8) is 0 Å². The number of ether oxygens (including phenoxy) is 3. The third kappa shape index (κ3) is 4.32. The van der Waals surface area contributed by atoms with E-state index < -0.39 is 0 Å². The van der Waals surface area contributed by atoms with Gasteiger partial charge in [0.1, 0.15) is 0 Å². The van der Waals surface area contributed by atoms with Gasteiger partial charge in [-0.15, -0.1) is 0 Å². The number of carbonyl (C=O) groups excluding carboxylic acids is 1. The molecule has 5 heteroatoms. The fourth-order valence-corrected chi connectivity index (χ4v) is 1.98. The standard InChI is InChI=1S/C18H19NO4/c1-4-23-18(20)14-6-8-15(9-7-14)19-12-13-5-10-16(21-2)17(11-13)22-3/h5-12H,4H2,1-3H3. The molecule has 0 aliphatic heterocycles. The van der Waals surface area contributed by atoms with Gasteiger partial charge in [0.05, 0.1) is 32.1 Å². The van der Waals surface area contributed by atoms with Crippen molar-refractivity contribution in [1.29, 1.82) is 0 Å². The lowest BCUT2D eigenvalue weighted by molar-refractivity contribution is 0.0526. The van der Waals surface area contributed by atoms with Gasteiger partial charge in [0.15, 0.2) is 11.5 Å². The van der Waals surface area contributed by atoms with Gasteiger partial charge >= 0.3 is 5.97 Å². The normalized spacial score (nSPS) is 10.6. The van der Waals surface area contributed by atoms with E-state index in [0.29, 0.717) is 23.7 Å². The van der Waals surface area contributed by atoms with Gasteiger partial charge in [-0.3, -0.25) is 4.99 Å². The molecule has 23 heavy (non-hydrogen) atoms. The fraction of sp³-hybridized carbons (Fsp3) is 0.222. The van der Waals surface area contributed by atoms with Crippen LogP contribution in [0.25, 0.3) is 0 Å². The summed E-state index contributed by atoms with van der Waals surface area (Å²) in [6, 6.07) is 12.5. The van der Waals surface area contributed by atoms with Crippen molar-refractivity contribution < 1.29 is 19.0 Å². The summed E-state index contributed by atoms with van der Waals surface area (Å²) in [4.78, 5) is 16.0. The van der Waals surface area contributed by atoms with Crippen molar-refractivity contribution in [2.45, 2.75) is 6.92 Å². The van der Waals surface area contributed by atoms with Gasteiger partial charge in [-0.05, 0) is 55.0 Å². The smallest absolute Gasteiger partial charge is 0.338 e. The Hall–Kier alpha value is -2.82. The number of rotatable bonds is 6. The topological polar surface area (TPSA) is 57.1 Å². The maximum absolute atomic E-state index is 11.6. The Labute approximate surface area is 135 Å². The quantitative estimate of drug-likeness (QED) is 0.603. The lowest BCUT2D eigenvalue weighted by Crippen LogP contribution is -2.03. The predicted molar refractivity (Wildman–Crippen MR) is 89.2 cm³/mol. The zero-order valence-corrected chi connectivity index (χ0v) is 13.4. The Morgan fingerprint density at radius 2 is 1.74 bits per heavy atom. The molecular weight excluding hydrogens is 294 g/mol. The maximum atomic E-state index is 11.6. The second kappa shape index (κ2) is 7.98. The van der Waals surface area contributed by atoms with Crippen LogP contribution in [0.5, 0.6) is 11.5 Å². The van der Waals surface area contributed by atoms with E-state index >= 15 is 0 Å². The third-order valence-corrected chi connectivity index (χ3v) is 3.15. The first kappa shape index (κ1) is 16.5. The molecular formula is C18H19NO4. The first-order valence-electron chi connectivity index (χ1n) is 7.21. The lowest BCUT2D eigenvalue weighted by atomic mass is 10.2. The minimum atomic E-state index is -0.331. The molecule has 0 aliphatic carbocycles. The van der Waals surface area contributed by atoms with E-state index in [-0.39, 0.29) is 5.97 Å². The van der Waals surface area contributed by atoms with Gasteiger partial charge in [0.2, 0.25) is 0 Å². The van der Waals surface area contributed by atoms with Gasteiger partial charge < -0.3 is 14.2 Å². The van der Waals surface area contributed by atoms with Crippen LogP contribution < -0.4 is 9.47 Å². The lowest BCUT2D eigenvalue weighted by Gasteiger charge is -2.07. The van der Waals surface area contributed by atoms with E-state index in [1.807, 2.05) is 18.2 Å². The van der Waals surface area contributed by atoms with Crippen LogP contribution in [0.3, 0.4) is 0 Å². The van der Waals surface area contributed by atoms with Crippen molar-refractivity contribution in [1.82, 2.24) is 0 Å². The molecule has 0 saturated carbocycles. The molecule has 120 valence electrons. The third-order valence-electron chi connectivity index (χ3n) is 3.15. The van der Waals surface area contributed by atoms with E-state index in [0.717, 1.165) is 11.3 Å². The van der Waals surface area contributed by atoms with Crippen LogP contribution in [-0.4, -0.2) is 33.0 Å². The highest BCUT2D eigenvalue weighted by Crippen LogP contribution is 2.27. The van der Waals surface area contributed by atoms with E-state index in [1.165, 1.54) is 0 Å². The Balaban J connectivity index is 2.12. The van der Waals surface area contributed by atoms with E-state index in [2.05, 4.69) is 4.99 Å². The van der Waals surface area contributed by atoms with Crippen molar-refractivity contribution >= 4 is 17.9 Å². The first-order chi connectivity index (χ1) is 11.2. The highest BCUT2D eigenvalue weighted by atomic mass is 16.5. The van der Waals surface area contributed by atoms with E-state index in [9.17, 15) is 4.79 Å². The molecule has 0 bridgehead atoms. The summed E-state index contributed by atoms with van der Waals surface area (Å²) in [7, 11) is 3.18. The number of aliphatic imine (C=N–C) groups is 1. The van der Waals surface area contributed by atoms with Crippen LogP contribution in [0.4, 0.5) is 5.69 Å². The summed E-state index contributed by atoms with van der Waals surface area (Å²) >= 11 is 0. The molecule has 0 aliphatic rings. The summed E-state index contributed by atoms with van der Waals surface area (Å²) < 4.78 is 15.4. The molecule has 5 nitrogen and oxygen atoms in total. The summed E-state index contributed by atoms with van der Waals surface area (Å²) in [6.07, 6.45) is 1.72. The van der Waals surface area contributed by atoms with E-state index in [4.69, 9.17) is 14.2 Å². The van der Waals surface area contributed by atoms with Crippen molar-refractivity contribution in [3.8, 4) is 11.5 Å². The van der Waals surface area contributed by atoms with Crippen LogP contribution in [0, 0.1) is 0 Å². The number of hydrogen-bond donors (Lipinski definition) is 0. The predicted octanol–water partition coefficient (Wildman–Crippen LogP) is 3.63. The maximum Gasteiger partial charge on any atom is 0.338 e. The first-order valence-corrected chi connectivity index (χ1v) is 7.21. The second-order valence-electron chi connectivity index (χ2n) is 4.64. The largest absolute Gasteiger partial charge is 0.493 e. The van der Waals surface area contributed by atoms with Gasteiger partial charge in [0.25, 0.3) is 0 Å². The molecule has 2 aromatic carbocycles. The van der Waals surface area contributed by atoms with Crippen LogP contribution in [-0.2, 0) is 4.74 Å². The zero-order chi connectivity index (χ0) is 16.7. The number of methoxy groups -OCH3 is 2. The van der Waals surface area contributed by atoms with Crippen LogP contribution in [0.2, 0.25) is 0 Å². The van der Waals surface area contributed by atoms with Gasteiger partial charge in [0, 0.05) is 6.21 Å². The Kier molecular flexibility index (Phi) is 5.74. The number of nitrogens with zero attached hydrogens (tertiary/aromatic N) is 1. The fourth-order valence-electron chi connectivity index (χ4n) is 1.98. The molecule has 0 spiro atoms. The summed E-state index contributed by atoms with van der Waals surface area (Å²) in [5.41, 5.74) is 2.14. The van der Waals surface area contributed by atoms with Crippen LogP contribution in [0.15, 0.2) is 47.5 Å². The van der Waals surface area contributed by atoms with Gasteiger partial charge in [-0.2, -0.15) is 0 Å². The summed E-state index contributed by atoms with van der Waals surface area (Å²) in [6.45, 7) is 2.14. The zero-order valence-electron chi connectivity index (χ0n) is 13.4. The molecule has 0 amide bonds. The Bertz CT molecular complexity index is 693. The minimum absolute atomic E-state index is 0.331. The molecule has 0 fully saturated rings. The highest BCUT2D eigenvalue weighted by Gasteiger charge is 2.05. The molecule has 0 saturated heterocycles. The number of esters is 1. The van der Waals surface area contributed by atoms with Gasteiger partial charge in [-0.25, -0.2) is 4.79 Å². The number of carbonyl (C=O) groups is 1. The van der Waals surface area contributed by atoms with Crippen molar-refractivity contribution in [2.24, 2.45) is 4.99 Å². The highest BCUT2D eigenvalue weighted by molar-refractivity contribution is 5.90. The molecule has 0 N–H and O–H groups in total. The molecule has 0 radical (unpaired) electrons. The molecule has 2 aromatic rings. The minimum Gasteiger partial charge on any atom is -0.493 e. The van der Waals surface area contributed by atoms with Crippen molar-refractivity contribution in [3.05, 3.63) is 53.6 Å². The van der Waals surface area contributed by atoms with Crippen LogP contribution >= 0.6 is 0 Å².